The zero-order valence-corrected chi connectivity index (χ0v) is 13.1. The molecule has 0 fully saturated rings. The predicted octanol–water partition coefficient (Wildman–Crippen LogP) is 6.01. The Hall–Kier alpha value is -0.790. The van der Waals surface area contributed by atoms with Crippen LogP contribution in [-0.4, -0.2) is 4.98 Å². The van der Waals surface area contributed by atoms with Crippen LogP contribution in [0.1, 0.15) is 95.6 Å². The van der Waals surface area contributed by atoms with Gasteiger partial charge in [0, 0.05) is 5.92 Å². The highest BCUT2D eigenvalue weighted by atomic mass is 16.4. The molecular weight excluding hydrogens is 234 g/mol. The van der Waals surface area contributed by atoms with Crippen LogP contribution in [0.15, 0.2) is 10.6 Å². The van der Waals surface area contributed by atoms with Crippen molar-refractivity contribution >= 4 is 0 Å². The van der Waals surface area contributed by atoms with Gasteiger partial charge in [-0.15, -0.1) is 0 Å². The van der Waals surface area contributed by atoms with E-state index in [0.29, 0.717) is 5.92 Å². The number of nitrogens with zero attached hydrogens (tertiary/aromatic N) is 1. The Morgan fingerprint density at radius 2 is 1.53 bits per heavy atom. The van der Waals surface area contributed by atoms with Gasteiger partial charge in [0.15, 0.2) is 5.89 Å². The van der Waals surface area contributed by atoms with Gasteiger partial charge in [0.25, 0.3) is 0 Å². The van der Waals surface area contributed by atoms with Crippen LogP contribution in [0.4, 0.5) is 0 Å². The minimum absolute atomic E-state index is 0.544. The summed E-state index contributed by atoms with van der Waals surface area (Å²) in [5.74, 6) is 2.47. The molecule has 0 bridgehead atoms. The zero-order valence-electron chi connectivity index (χ0n) is 13.1. The van der Waals surface area contributed by atoms with Gasteiger partial charge in [-0.05, 0) is 19.8 Å². The van der Waals surface area contributed by atoms with Gasteiger partial charge in [-0.3, -0.25) is 0 Å². The second-order valence-electron chi connectivity index (χ2n) is 5.70. The van der Waals surface area contributed by atoms with Crippen LogP contribution in [0.2, 0.25) is 0 Å². The third-order valence-corrected chi connectivity index (χ3v) is 3.80. The van der Waals surface area contributed by atoms with Crippen LogP contribution in [0.3, 0.4) is 0 Å². The first kappa shape index (κ1) is 16.3. The van der Waals surface area contributed by atoms with Gasteiger partial charge in [-0.2, -0.15) is 0 Å². The number of unbranched alkanes of at least 4 members (excludes halogenated alkanes) is 6. The average molecular weight is 265 g/mol. The van der Waals surface area contributed by atoms with Gasteiger partial charge < -0.3 is 4.42 Å². The first-order valence-electron chi connectivity index (χ1n) is 8.20. The zero-order chi connectivity index (χ0) is 13.9. The molecule has 2 nitrogen and oxygen atoms in total. The van der Waals surface area contributed by atoms with Crippen molar-refractivity contribution in [3.63, 3.8) is 0 Å². The van der Waals surface area contributed by atoms with E-state index in [1.165, 1.54) is 64.2 Å². The van der Waals surface area contributed by atoms with Crippen LogP contribution in [0.5, 0.6) is 0 Å². The van der Waals surface area contributed by atoms with Crippen molar-refractivity contribution in [2.45, 2.75) is 90.9 Å². The maximum Gasteiger partial charge on any atom is 0.197 e. The van der Waals surface area contributed by atoms with E-state index in [2.05, 4.69) is 18.8 Å². The number of aromatic nitrogens is 1. The molecule has 110 valence electrons. The van der Waals surface area contributed by atoms with Crippen LogP contribution in [0, 0.1) is 6.92 Å². The first-order chi connectivity index (χ1) is 9.27. The molecule has 0 aliphatic carbocycles. The van der Waals surface area contributed by atoms with Crippen molar-refractivity contribution in [3.8, 4) is 0 Å². The molecule has 19 heavy (non-hydrogen) atoms. The molecule has 0 unspecified atom stereocenters. The predicted molar refractivity (Wildman–Crippen MR) is 81.5 cm³/mol. The van der Waals surface area contributed by atoms with E-state index >= 15 is 0 Å². The molecule has 0 saturated heterocycles. The summed E-state index contributed by atoms with van der Waals surface area (Å²) in [7, 11) is 0. The quantitative estimate of drug-likeness (QED) is 0.458. The minimum Gasteiger partial charge on any atom is -0.446 e. The Labute approximate surface area is 119 Å². The molecule has 2 heteroatoms. The molecule has 0 aliphatic rings. The first-order valence-corrected chi connectivity index (χ1v) is 8.20. The van der Waals surface area contributed by atoms with Crippen molar-refractivity contribution < 1.29 is 4.42 Å². The molecule has 0 saturated carbocycles. The Bertz CT molecular complexity index is 307. The van der Waals surface area contributed by atoms with Crippen molar-refractivity contribution in [1.82, 2.24) is 4.98 Å². The molecule has 1 aromatic rings. The summed E-state index contributed by atoms with van der Waals surface area (Å²) >= 11 is 0. The highest BCUT2D eigenvalue weighted by Crippen LogP contribution is 2.28. The van der Waals surface area contributed by atoms with Gasteiger partial charge in [0.1, 0.15) is 5.76 Å². The van der Waals surface area contributed by atoms with E-state index in [4.69, 9.17) is 4.42 Å². The topological polar surface area (TPSA) is 26.0 Å². The van der Waals surface area contributed by atoms with Gasteiger partial charge in [0.05, 0.1) is 6.20 Å². The summed E-state index contributed by atoms with van der Waals surface area (Å²) in [6.45, 7) is 6.51. The number of rotatable bonds is 11. The molecule has 0 N–H and O–H groups in total. The number of oxazole rings is 1. The lowest BCUT2D eigenvalue weighted by Gasteiger charge is -2.13. The van der Waals surface area contributed by atoms with Crippen LogP contribution < -0.4 is 0 Å². The normalized spacial score (nSPS) is 11.4. The van der Waals surface area contributed by atoms with Crippen molar-refractivity contribution in [1.29, 1.82) is 0 Å². The van der Waals surface area contributed by atoms with Crippen LogP contribution >= 0.6 is 0 Å². The molecule has 0 aromatic carbocycles. The van der Waals surface area contributed by atoms with Crippen molar-refractivity contribution in [3.05, 3.63) is 17.8 Å². The van der Waals surface area contributed by atoms with Crippen molar-refractivity contribution in [2.75, 3.05) is 0 Å². The summed E-state index contributed by atoms with van der Waals surface area (Å²) in [6, 6.07) is 0. The Morgan fingerprint density at radius 3 is 1.95 bits per heavy atom. The van der Waals surface area contributed by atoms with Gasteiger partial charge in [-0.1, -0.05) is 65.2 Å². The van der Waals surface area contributed by atoms with E-state index in [-0.39, 0.29) is 0 Å². The fourth-order valence-corrected chi connectivity index (χ4v) is 2.59. The number of hydrogen-bond donors (Lipinski definition) is 0. The monoisotopic (exact) mass is 265 g/mol. The van der Waals surface area contributed by atoms with Crippen molar-refractivity contribution in [2.24, 2.45) is 0 Å². The maximum absolute atomic E-state index is 5.75. The van der Waals surface area contributed by atoms with E-state index in [9.17, 15) is 0 Å². The molecule has 0 aliphatic heterocycles. The smallest absolute Gasteiger partial charge is 0.197 e. The van der Waals surface area contributed by atoms with E-state index < -0.39 is 0 Å². The summed E-state index contributed by atoms with van der Waals surface area (Å²) in [5.41, 5.74) is 0. The molecule has 1 aromatic heterocycles. The summed E-state index contributed by atoms with van der Waals surface area (Å²) < 4.78 is 5.75. The van der Waals surface area contributed by atoms with Gasteiger partial charge >= 0.3 is 0 Å². The molecule has 1 heterocycles. The third-order valence-electron chi connectivity index (χ3n) is 3.80. The third kappa shape index (κ3) is 6.79. The molecule has 0 atom stereocenters. The van der Waals surface area contributed by atoms with E-state index in [1.807, 2.05) is 13.1 Å². The van der Waals surface area contributed by atoms with E-state index in [0.717, 1.165) is 11.7 Å². The SMILES string of the molecule is CCCCCCC(CCCCCC)c1ncc(C)o1. The molecule has 0 radical (unpaired) electrons. The van der Waals surface area contributed by atoms with E-state index in [1.54, 1.807) is 0 Å². The minimum atomic E-state index is 0.544. The second-order valence-corrected chi connectivity index (χ2v) is 5.70. The lowest BCUT2D eigenvalue weighted by atomic mass is 9.94. The lowest BCUT2D eigenvalue weighted by Crippen LogP contribution is -2.00. The van der Waals surface area contributed by atoms with Crippen LogP contribution in [0.25, 0.3) is 0 Å². The maximum atomic E-state index is 5.75. The standard InChI is InChI=1S/C17H31NO/c1-4-6-8-10-12-16(13-11-9-7-5-2)17-18-14-15(3)19-17/h14,16H,4-13H2,1-3H3. The Morgan fingerprint density at radius 1 is 0.947 bits per heavy atom. The number of hydrogen-bond acceptors (Lipinski definition) is 2. The summed E-state index contributed by atoms with van der Waals surface area (Å²) in [6.07, 6.45) is 15.0. The molecule has 0 spiro atoms. The van der Waals surface area contributed by atoms with Gasteiger partial charge in [-0.25, -0.2) is 4.98 Å². The highest BCUT2D eigenvalue weighted by Gasteiger charge is 2.16. The van der Waals surface area contributed by atoms with Gasteiger partial charge in [0.2, 0.25) is 0 Å². The lowest BCUT2D eigenvalue weighted by molar-refractivity contribution is 0.384. The molecule has 1 rings (SSSR count). The summed E-state index contributed by atoms with van der Waals surface area (Å²) in [5, 5.41) is 0. The average Bonchev–Trinajstić information content (AvgIpc) is 2.83. The Balaban J connectivity index is 2.38. The molecular formula is C17H31NO. The molecule has 0 amide bonds. The highest BCUT2D eigenvalue weighted by molar-refractivity contribution is 4.97. The largest absolute Gasteiger partial charge is 0.446 e. The Kier molecular flexibility index (Phi) is 8.61. The fraction of sp³-hybridized carbons (Fsp3) is 0.824. The van der Waals surface area contributed by atoms with Crippen LogP contribution in [-0.2, 0) is 0 Å². The fourth-order valence-electron chi connectivity index (χ4n) is 2.59. The summed E-state index contributed by atoms with van der Waals surface area (Å²) in [4.78, 5) is 4.45. The second kappa shape index (κ2) is 10.1. The number of aryl methyl sites for hydroxylation is 1.